The smallest absolute Gasteiger partial charge is 0.229 e. The van der Waals surface area contributed by atoms with Crippen LogP contribution in [0.4, 0.5) is 0 Å². The average Bonchev–Trinajstić information content (AvgIpc) is 2.81. The van der Waals surface area contributed by atoms with Gasteiger partial charge in [-0.2, -0.15) is 0 Å². The van der Waals surface area contributed by atoms with Crippen LogP contribution in [-0.4, -0.2) is 29.8 Å². The van der Waals surface area contributed by atoms with Crippen molar-refractivity contribution < 1.29 is 9.59 Å². The molecule has 1 aliphatic heterocycles. The van der Waals surface area contributed by atoms with Crippen LogP contribution in [0.2, 0.25) is 0 Å². The second-order valence-corrected chi connectivity index (χ2v) is 6.13. The molecule has 2 aliphatic rings. The van der Waals surface area contributed by atoms with E-state index in [4.69, 9.17) is 5.73 Å². The summed E-state index contributed by atoms with van der Waals surface area (Å²) >= 11 is 0. The van der Waals surface area contributed by atoms with Crippen LogP contribution >= 0.6 is 0 Å². The maximum absolute atomic E-state index is 12.6. The Hall–Kier alpha value is -1.32. The fourth-order valence-electron chi connectivity index (χ4n) is 3.20. The van der Waals surface area contributed by atoms with Crippen LogP contribution in [0.25, 0.3) is 0 Å². The summed E-state index contributed by atoms with van der Waals surface area (Å²) in [6, 6.07) is 0. The van der Waals surface area contributed by atoms with Crippen LogP contribution in [0.3, 0.4) is 0 Å². The first-order chi connectivity index (χ1) is 8.96. The number of hydrogen-bond acceptors (Lipinski definition) is 2. The van der Waals surface area contributed by atoms with Crippen LogP contribution in [0.5, 0.6) is 0 Å². The van der Waals surface area contributed by atoms with Gasteiger partial charge in [0.2, 0.25) is 11.8 Å². The molecule has 0 radical (unpaired) electrons. The Bertz CT molecular complexity index is 408. The molecule has 4 heteroatoms. The van der Waals surface area contributed by atoms with Crippen molar-refractivity contribution in [2.45, 2.75) is 46.0 Å². The minimum atomic E-state index is -0.259. The van der Waals surface area contributed by atoms with Gasteiger partial charge in [0.15, 0.2) is 0 Å². The first kappa shape index (κ1) is 14.1. The maximum Gasteiger partial charge on any atom is 0.229 e. The molecule has 1 aliphatic carbocycles. The van der Waals surface area contributed by atoms with E-state index in [0.717, 1.165) is 19.3 Å². The van der Waals surface area contributed by atoms with Gasteiger partial charge in [-0.25, -0.2) is 0 Å². The minimum Gasteiger partial charge on any atom is -0.369 e. The summed E-state index contributed by atoms with van der Waals surface area (Å²) in [7, 11) is 0. The molecule has 0 bridgehead atoms. The summed E-state index contributed by atoms with van der Waals surface area (Å²) in [5.74, 6) is -0.0333. The topological polar surface area (TPSA) is 63.4 Å². The SMILES string of the molecule is CCC1=CCC(C)(C(=O)N2CCC(C(N)=O)CC2)C1. The van der Waals surface area contributed by atoms with Gasteiger partial charge in [0.05, 0.1) is 5.41 Å². The van der Waals surface area contributed by atoms with Crippen LogP contribution in [0.15, 0.2) is 11.6 Å². The van der Waals surface area contributed by atoms with Crippen LogP contribution in [0.1, 0.15) is 46.0 Å². The molecule has 0 aromatic heterocycles. The van der Waals surface area contributed by atoms with Gasteiger partial charge in [-0.3, -0.25) is 9.59 Å². The molecule has 106 valence electrons. The fraction of sp³-hybridized carbons (Fsp3) is 0.733. The molecule has 0 aromatic rings. The third kappa shape index (κ3) is 2.82. The summed E-state index contributed by atoms with van der Waals surface area (Å²) in [5.41, 5.74) is 6.45. The van der Waals surface area contributed by atoms with Crippen molar-refractivity contribution in [2.75, 3.05) is 13.1 Å². The number of amides is 2. The highest BCUT2D eigenvalue weighted by Crippen LogP contribution is 2.40. The van der Waals surface area contributed by atoms with Gasteiger partial charge in [-0.15, -0.1) is 0 Å². The molecule has 0 spiro atoms. The van der Waals surface area contributed by atoms with E-state index in [1.54, 1.807) is 0 Å². The number of hydrogen-bond donors (Lipinski definition) is 1. The Labute approximate surface area is 115 Å². The Morgan fingerprint density at radius 2 is 2.05 bits per heavy atom. The third-order valence-corrected chi connectivity index (χ3v) is 4.61. The first-order valence-corrected chi connectivity index (χ1v) is 7.23. The molecule has 1 atom stereocenters. The standard InChI is InChI=1S/C15H24N2O2/c1-3-11-4-7-15(2,10-11)14(19)17-8-5-12(6-9-17)13(16)18/h4,12H,3,5-10H2,1-2H3,(H2,16,18). The molecule has 2 amide bonds. The third-order valence-electron chi connectivity index (χ3n) is 4.61. The molecule has 2 rings (SSSR count). The highest BCUT2D eigenvalue weighted by atomic mass is 16.2. The summed E-state index contributed by atoms with van der Waals surface area (Å²) < 4.78 is 0. The number of likely N-dealkylation sites (tertiary alicyclic amines) is 1. The van der Waals surface area contributed by atoms with Crippen molar-refractivity contribution in [1.29, 1.82) is 0 Å². The van der Waals surface area contributed by atoms with Crippen molar-refractivity contribution in [3.05, 3.63) is 11.6 Å². The molecule has 19 heavy (non-hydrogen) atoms. The molecule has 0 aromatic carbocycles. The largest absolute Gasteiger partial charge is 0.369 e. The second kappa shape index (κ2) is 5.35. The van der Waals surface area contributed by atoms with Crippen LogP contribution < -0.4 is 5.73 Å². The number of nitrogens with two attached hydrogens (primary N) is 1. The van der Waals surface area contributed by atoms with E-state index in [-0.39, 0.29) is 23.1 Å². The zero-order valence-electron chi connectivity index (χ0n) is 11.9. The zero-order chi connectivity index (χ0) is 14.0. The number of piperidine rings is 1. The lowest BCUT2D eigenvalue weighted by atomic mass is 9.83. The summed E-state index contributed by atoms with van der Waals surface area (Å²) in [6.07, 6.45) is 6.42. The molecular weight excluding hydrogens is 240 g/mol. The van der Waals surface area contributed by atoms with Gasteiger partial charge in [0.1, 0.15) is 0 Å². The lowest BCUT2D eigenvalue weighted by Gasteiger charge is -2.36. The highest BCUT2D eigenvalue weighted by molar-refractivity contribution is 5.84. The number of nitrogens with zero attached hydrogens (tertiary/aromatic N) is 1. The normalized spacial score (nSPS) is 28.3. The van der Waals surface area contributed by atoms with Gasteiger partial charge in [0, 0.05) is 19.0 Å². The molecule has 1 saturated heterocycles. The highest BCUT2D eigenvalue weighted by Gasteiger charge is 2.40. The minimum absolute atomic E-state index is 0.0511. The van der Waals surface area contributed by atoms with Crippen molar-refractivity contribution in [3.63, 3.8) is 0 Å². The van der Waals surface area contributed by atoms with Gasteiger partial charge >= 0.3 is 0 Å². The van der Waals surface area contributed by atoms with E-state index < -0.39 is 0 Å². The maximum atomic E-state index is 12.6. The van der Waals surface area contributed by atoms with E-state index in [9.17, 15) is 9.59 Å². The lowest BCUT2D eigenvalue weighted by molar-refractivity contribution is -0.143. The second-order valence-electron chi connectivity index (χ2n) is 6.13. The van der Waals surface area contributed by atoms with E-state index in [1.165, 1.54) is 5.57 Å². The number of rotatable bonds is 3. The quantitative estimate of drug-likeness (QED) is 0.791. The Kier molecular flexibility index (Phi) is 3.97. The molecule has 1 unspecified atom stereocenters. The van der Waals surface area contributed by atoms with Crippen molar-refractivity contribution in [2.24, 2.45) is 17.1 Å². The Morgan fingerprint density at radius 1 is 1.42 bits per heavy atom. The van der Waals surface area contributed by atoms with Crippen LogP contribution in [-0.2, 0) is 9.59 Å². The number of carbonyl (C=O) groups excluding carboxylic acids is 2. The van der Waals surface area contributed by atoms with Crippen molar-refractivity contribution >= 4 is 11.8 Å². The van der Waals surface area contributed by atoms with E-state index in [1.807, 2.05) is 4.90 Å². The monoisotopic (exact) mass is 264 g/mol. The first-order valence-electron chi connectivity index (χ1n) is 7.23. The predicted molar refractivity (Wildman–Crippen MR) is 74.2 cm³/mol. The zero-order valence-corrected chi connectivity index (χ0v) is 11.9. The average molecular weight is 264 g/mol. The molecule has 0 saturated carbocycles. The summed E-state index contributed by atoms with van der Waals surface area (Å²) in [6.45, 7) is 5.54. The number of carbonyl (C=O) groups is 2. The lowest BCUT2D eigenvalue weighted by Crippen LogP contribution is -2.47. The van der Waals surface area contributed by atoms with E-state index in [2.05, 4.69) is 19.9 Å². The Balaban J connectivity index is 1.93. The molecule has 4 nitrogen and oxygen atoms in total. The number of primary amides is 1. The molecule has 2 N–H and O–H groups in total. The number of allylic oxidation sites excluding steroid dienone is 2. The van der Waals surface area contributed by atoms with Gasteiger partial charge in [-0.1, -0.05) is 25.5 Å². The van der Waals surface area contributed by atoms with Gasteiger partial charge in [0.25, 0.3) is 0 Å². The Morgan fingerprint density at radius 3 is 2.53 bits per heavy atom. The molecule has 1 fully saturated rings. The molecule has 1 heterocycles. The predicted octanol–water partition coefficient (Wildman–Crippen LogP) is 1.85. The van der Waals surface area contributed by atoms with Crippen molar-refractivity contribution in [1.82, 2.24) is 4.90 Å². The summed E-state index contributed by atoms with van der Waals surface area (Å²) in [4.78, 5) is 25.7. The van der Waals surface area contributed by atoms with E-state index in [0.29, 0.717) is 25.9 Å². The molecular formula is C15H24N2O2. The van der Waals surface area contributed by atoms with Crippen LogP contribution in [0, 0.1) is 11.3 Å². The van der Waals surface area contributed by atoms with Crippen molar-refractivity contribution in [3.8, 4) is 0 Å². The van der Waals surface area contributed by atoms with Gasteiger partial charge < -0.3 is 10.6 Å². The van der Waals surface area contributed by atoms with Gasteiger partial charge in [-0.05, 0) is 32.1 Å². The summed E-state index contributed by atoms with van der Waals surface area (Å²) in [5, 5.41) is 0. The van der Waals surface area contributed by atoms with E-state index >= 15 is 0 Å². The fourth-order valence-corrected chi connectivity index (χ4v) is 3.20.